The van der Waals surface area contributed by atoms with Crippen molar-refractivity contribution in [2.24, 2.45) is 0 Å². The van der Waals surface area contributed by atoms with Gasteiger partial charge in [0, 0.05) is 0 Å². The molecule has 16 heteroatoms. The van der Waals surface area contributed by atoms with Crippen LogP contribution in [0.4, 0.5) is 0 Å². The van der Waals surface area contributed by atoms with Crippen molar-refractivity contribution in [1.82, 2.24) is 0 Å². The molecule has 0 aliphatic carbocycles. The van der Waals surface area contributed by atoms with E-state index < -0.39 is 53.0 Å². The van der Waals surface area contributed by atoms with Gasteiger partial charge in [-0.2, -0.15) is 0 Å². The van der Waals surface area contributed by atoms with Gasteiger partial charge in [-0.1, -0.05) is 18.2 Å². The normalized spacial score (nSPS) is 11.8. The van der Waals surface area contributed by atoms with Crippen LogP contribution in [0.15, 0.2) is 51.1 Å². The summed E-state index contributed by atoms with van der Waals surface area (Å²) in [6.45, 7) is 9.22. The summed E-state index contributed by atoms with van der Waals surface area (Å²) in [5.41, 5.74) is 2.08. The molecule has 3 aromatic rings. The summed E-state index contributed by atoms with van der Waals surface area (Å²) in [6.07, 6.45) is 0. The Kier molecular flexibility index (Phi) is 15.0. The van der Waals surface area contributed by atoms with E-state index in [1.807, 2.05) is 0 Å². The van der Waals surface area contributed by atoms with Crippen molar-refractivity contribution < 1.29 is 128 Å². The van der Waals surface area contributed by atoms with Crippen molar-refractivity contribution in [2.45, 2.75) is 56.2 Å². The zero-order chi connectivity index (χ0) is 28.2. The fraction of sp³-hybridized carbons (Fsp3) is 0.250. The summed E-state index contributed by atoms with van der Waals surface area (Å²) < 4.78 is 108. The second-order valence-electron chi connectivity index (χ2n) is 8.86. The number of hydrogen-bond acceptors (Lipinski definition) is 9. The first-order valence-electron chi connectivity index (χ1n) is 10.7. The molecule has 200 valence electrons. The maximum absolute atomic E-state index is 12.0. The van der Waals surface area contributed by atoms with Gasteiger partial charge in [-0.25, -0.2) is 25.3 Å². The van der Waals surface area contributed by atoms with E-state index >= 15 is 0 Å². The van der Waals surface area contributed by atoms with E-state index in [-0.39, 0.29) is 105 Å². The number of aryl methyl sites for hydroxylation is 3. The minimum absolute atomic E-state index is 0. The molecule has 0 saturated carbocycles. The van der Waals surface area contributed by atoms with Gasteiger partial charge in [-0.3, -0.25) is 0 Å². The van der Waals surface area contributed by atoms with Crippen LogP contribution < -0.4 is 105 Å². The van der Waals surface area contributed by atoms with E-state index in [1.165, 1.54) is 39.0 Å². The Balaban J connectivity index is 0.00000507. The molecule has 0 heterocycles. The van der Waals surface area contributed by atoms with Gasteiger partial charge in [0.2, 0.25) is 0 Å². The van der Waals surface area contributed by atoms with Crippen LogP contribution in [0.3, 0.4) is 0 Å². The standard InChI is InChI=1S/C24H27O9PS3.3Na/c1-13-7-19(10-22(16(13)4)35(25,26)27)34(20-8-14(2)17(5)23(11-20)36(28,29)30)21-9-15(3)18(6)24(12-21)37(31,32)33;;;/h7-12H,1-6H3,(H,25,26,27)(H,28,29,30)(H,31,32,33);;;/q;3*+1/p-3. The van der Waals surface area contributed by atoms with Gasteiger partial charge in [-0.05, 0) is 117 Å². The zero-order valence-corrected chi connectivity index (χ0v) is 33.2. The first-order chi connectivity index (χ1) is 16.7. The van der Waals surface area contributed by atoms with Crippen molar-refractivity contribution in [1.29, 1.82) is 0 Å². The molecule has 0 N–H and O–H groups in total. The minimum Gasteiger partial charge on any atom is -0.744 e. The molecule has 0 atom stereocenters. The molecule has 0 saturated heterocycles. The molecule has 40 heavy (non-hydrogen) atoms. The van der Waals surface area contributed by atoms with Gasteiger partial charge < -0.3 is 13.7 Å². The van der Waals surface area contributed by atoms with Crippen LogP contribution in [-0.2, 0) is 30.4 Å². The van der Waals surface area contributed by atoms with Gasteiger partial charge in [0.25, 0.3) is 0 Å². The molecule has 0 fully saturated rings. The molecule has 9 nitrogen and oxygen atoms in total. The van der Waals surface area contributed by atoms with Crippen molar-refractivity contribution in [3.8, 4) is 0 Å². The average Bonchev–Trinajstić information content (AvgIpc) is 2.72. The molecule has 0 bridgehead atoms. The van der Waals surface area contributed by atoms with Gasteiger partial charge in [0.05, 0.1) is 14.7 Å². The van der Waals surface area contributed by atoms with Crippen LogP contribution in [0.5, 0.6) is 0 Å². The van der Waals surface area contributed by atoms with Crippen LogP contribution in [0.2, 0.25) is 0 Å². The smallest absolute Gasteiger partial charge is 0.744 e. The Morgan fingerprint density at radius 3 is 0.825 bits per heavy atom. The third kappa shape index (κ3) is 8.94. The molecule has 0 aliphatic heterocycles. The van der Waals surface area contributed by atoms with Crippen LogP contribution >= 0.6 is 7.92 Å². The van der Waals surface area contributed by atoms with Crippen molar-refractivity contribution in [3.63, 3.8) is 0 Å². The monoisotopic (exact) mass is 652 g/mol. The Labute approximate surface area is 303 Å². The van der Waals surface area contributed by atoms with Crippen LogP contribution in [-0.4, -0.2) is 38.9 Å². The Morgan fingerprint density at radius 2 is 0.650 bits per heavy atom. The summed E-state index contributed by atoms with van der Waals surface area (Å²) in [5, 5.41) is 0.882. The van der Waals surface area contributed by atoms with Crippen LogP contribution in [0, 0.1) is 41.5 Å². The quantitative estimate of drug-likeness (QED) is 0.143. The van der Waals surface area contributed by atoms with Crippen molar-refractivity contribution in [3.05, 3.63) is 69.8 Å². The van der Waals surface area contributed by atoms with E-state index in [9.17, 15) is 38.9 Å². The zero-order valence-electron chi connectivity index (χ0n) is 23.8. The van der Waals surface area contributed by atoms with Crippen LogP contribution in [0.25, 0.3) is 0 Å². The number of benzene rings is 3. The maximum atomic E-state index is 12.0. The van der Waals surface area contributed by atoms with Crippen molar-refractivity contribution in [2.75, 3.05) is 0 Å². The molecule has 0 spiro atoms. The minimum atomic E-state index is -4.90. The fourth-order valence-electron chi connectivity index (χ4n) is 4.04. The van der Waals surface area contributed by atoms with Gasteiger partial charge >= 0.3 is 88.7 Å². The molecule has 3 aromatic carbocycles. The van der Waals surface area contributed by atoms with Crippen molar-refractivity contribution >= 4 is 54.2 Å². The molecule has 0 radical (unpaired) electrons. The SMILES string of the molecule is Cc1cc(P(c2cc(C)c(C)c(S(=O)(=O)[O-])c2)c2cc(C)c(C)c(S(=O)(=O)[O-])c2)cc(S(=O)(=O)[O-])c1C.[Na+].[Na+].[Na+]. The third-order valence-corrected chi connectivity index (χ3v) is 11.6. The molecule has 0 aromatic heterocycles. The summed E-state index contributed by atoms with van der Waals surface area (Å²) in [5.74, 6) is 0. The van der Waals surface area contributed by atoms with E-state index in [2.05, 4.69) is 0 Å². The first kappa shape index (κ1) is 40.8. The van der Waals surface area contributed by atoms with Gasteiger partial charge in [0.1, 0.15) is 30.4 Å². The predicted molar refractivity (Wildman–Crippen MR) is 137 cm³/mol. The Hall–Kier alpha value is 0.820. The first-order valence-corrected chi connectivity index (χ1v) is 16.3. The number of hydrogen-bond donors (Lipinski definition) is 0. The van der Waals surface area contributed by atoms with E-state index in [0.717, 1.165) is 0 Å². The fourth-order valence-corrected chi connectivity index (χ4v) is 9.36. The van der Waals surface area contributed by atoms with Gasteiger partial charge in [-0.15, -0.1) is 0 Å². The summed E-state index contributed by atoms with van der Waals surface area (Å²) in [7, 11) is -16.6. The summed E-state index contributed by atoms with van der Waals surface area (Å²) >= 11 is 0. The Bertz CT molecular complexity index is 1570. The molecule has 0 unspecified atom stereocenters. The second-order valence-corrected chi connectivity index (χ2v) is 15.1. The Morgan fingerprint density at radius 1 is 0.450 bits per heavy atom. The summed E-state index contributed by atoms with van der Waals surface area (Å²) in [6, 6.07) is 8.40. The molecule has 0 aliphatic rings. The third-order valence-electron chi connectivity index (χ3n) is 6.40. The largest absolute Gasteiger partial charge is 1.00 e. The van der Waals surface area contributed by atoms with E-state index in [4.69, 9.17) is 0 Å². The molecule has 0 amide bonds. The molecular formula is C24H24Na3O9PS3. The maximum Gasteiger partial charge on any atom is 1.00 e. The molecule has 3 rings (SSSR count). The molecular weight excluding hydrogens is 628 g/mol. The topological polar surface area (TPSA) is 172 Å². The number of rotatable bonds is 6. The van der Waals surface area contributed by atoms with E-state index in [0.29, 0.717) is 32.6 Å². The summed E-state index contributed by atoms with van der Waals surface area (Å²) in [4.78, 5) is -1.43. The second kappa shape index (κ2) is 14.7. The van der Waals surface area contributed by atoms with Crippen LogP contribution in [0.1, 0.15) is 33.4 Å². The van der Waals surface area contributed by atoms with E-state index in [1.54, 1.807) is 39.0 Å². The average molecular weight is 653 g/mol. The van der Waals surface area contributed by atoms with Gasteiger partial charge in [0.15, 0.2) is 0 Å². The predicted octanol–water partition coefficient (Wildman–Crippen LogP) is -6.98.